The van der Waals surface area contributed by atoms with Crippen LogP contribution in [-0.4, -0.2) is 53.7 Å². The van der Waals surface area contributed by atoms with Gasteiger partial charge in [-0.15, -0.1) is 10.2 Å². The van der Waals surface area contributed by atoms with Gasteiger partial charge in [0.1, 0.15) is 5.75 Å². The first-order valence-electron chi connectivity index (χ1n) is 10.7. The summed E-state index contributed by atoms with van der Waals surface area (Å²) in [5, 5.41) is 14.8. The fourth-order valence-electron chi connectivity index (χ4n) is 3.07. The van der Waals surface area contributed by atoms with Crippen molar-refractivity contribution in [2.24, 2.45) is 7.05 Å². The molecular weight excluding hydrogens is 506 g/mol. The van der Waals surface area contributed by atoms with E-state index in [1.807, 2.05) is 6.07 Å². The zero-order valence-electron chi connectivity index (χ0n) is 20.2. The molecule has 0 saturated carbocycles. The lowest BCUT2D eigenvalue weighted by Gasteiger charge is -2.10. The molecule has 0 atom stereocenters. The number of thioether (sulfide) groups is 1. The second-order valence-corrected chi connectivity index (χ2v) is 8.68. The molecule has 0 bridgehead atoms. The van der Waals surface area contributed by atoms with Crippen LogP contribution in [0.4, 0.5) is 5.69 Å². The van der Waals surface area contributed by atoms with Crippen LogP contribution in [0.3, 0.4) is 0 Å². The number of rotatable bonds is 11. The van der Waals surface area contributed by atoms with Gasteiger partial charge >= 0.3 is 0 Å². The highest BCUT2D eigenvalue weighted by atomic mass is 35.5. The van der Waals surface area contributed by atoms with E-state index in [2.05, 4.69) is 20.8 Å². The second kappa shape index (κ2) is 12.8. The maximum absolute atomic E-state index is 12.4. The molecule has 1 heterocycles. The van der Waals surface area contributed by atoms with Gasteiger partial charge in [-0.25, -0.2) is 0 Å². The van der Waals surface area contributed by atoms with Crippen LogP contribution in [0.2, 0.25) is 5.02 Å². The summed E-state index contributed by atoms with van der Waals surface area (Å²) >= 11 is 7.22. The van der Waals surface area contributed by atoms with Gasteiger partial charge in [0.05, 0.1) is 39.3 Å². The van der Waals surface area contributed by atoms with Crippen molar-refractivity contribution in [2.75, 3.05) is 32.4 Å². The fourth-order valence-corrected chi connectivity index (χ4v) is 3.97. The van der Waals surface area contributed by atoms with Gasteiger partial charge in [-0.1, -0.05) is 29.4 Å². The van der Waals surface area contributed by atoms with Crippen molar-refractivity contribution in [3.05, 3.63) is 58.9 Å². The van der Waals surface area contributed by atoms with Gasteiger partial charge in [-0.3, -0.25) is 9.59 Å². The number of nitrogens with one attached hydrogen (secondary N) is 2. The molecule has 2 aromatic carbocycles. The number of carbonyl (C=O) groups is 2. The van der Waals surface area contributed by atoms with E-state index in [-0.39, 0.29) is 24.1 Å². The number of amides is 2. The highest BCUT2D eigenvalue weighted by Crippen LogP contribution is 2.29. The number of nitrogens with zero attached hydrogens (tertiary/aromatic N) is 3. The van der Waals surface area contributed by atoms with E-state index >= 15 is 0 Å². The zero-order chi connectivity index (χ0) is 26.1. The quantitative estimate of drug-likeness (QED) is 0.285. The van der Waals surface area contributed by atoms with Gasteiger partial charge in [0.15, 0.2) is 22.5 Å². The fraction of sp³-hybridized carbons (Fsp3) is 0.250. The third kappa shape index (κ3) is 7.15. The Bertz CT molecular complexity index is 1260. The molecule has 0 radical (unpaired) electrons. The molecule has 0 fully saturated rings. The van der Waals surface area contributed by atoms with E-state index < -0.39 is 0 Å². The van der Waals surface area contributed by atoms with Gasteiger partial charge in [0.25, 0.3) is 0 Å². The van der Waals surface area contributed by atoms with Gasteiger partial charge in [0.2, 0.25) is 11.8 Å². The number of ether oxygens (including phenoxy) is 3. The van der Waals surface area contributed by atoms with Crippen LogP contribution >= 0.6 is 23.4 Å². The Hall–Kier alpha value is -3.70. The molecule has 2 N–H and O–H groups in total. The van der Waals surface area contributed by atoms with Gasteiger partial charge in [0, 0.05) is 18.1 Å². The number of hydrogen-bond acceptors (Lipinski definition) is 8. The number of hydrogen-bond donors (Lipinski definition) is 2. The summed E-state index contributed by atoms with van der Waals surface area (Å²) in [5.41, 5.74) is 1.27. The Kier molecular flexibility index (Phi) is 9.60. The SMILES string of the molecule is COc1ccc(Cl)cc1NC(=O)CSc1nnc(CNC(=O)C=Cc2ccc(OC)c(OC)c2)n1C. The average Bonchev–Trinajstić information content (AvgIpc) is 3.23. The van der Waals surface area contributed by atoms with Crippen LogP contribution in [0.25, 0.3) is 6.08 Å². The first-order valence-corrected chi connectivity index (χ1v) is 12.0. The topological polar surface area (TPSA) is 117 Å². The number of halogens is 1. The minimum absolute atomic E-state index is 0.0993. The summed E-state index contributed by atoms with van der Waals surface area (Å²) in [6.07, 6.45) is 3.09. The summed E-state index contributed by atoms with van der Waals surface area (Å²) in [5.74, 6) is 1.79. The van der Waals surface area contributed by atoms with Crippen LogP contribution in [0.5, 0.6) is 17.2 Å². The molecule has 0 unspecified atom stereocenters. The first kappa shape index (κ1) is 26.9. The van der Waals surface area contributed by atoms with E-state index in [0.29, 0.717) is 38.9 Å². The van der Waals surface area contributed by atoms with Crippen LogP contribution in [0, 0.1) is 0 Å². The first-order chi connectivity index (χ1) is 17.3. The molecule has 2 amide bonds. The Morgan fingerprint density at radius 1 is 1.03 bits per heavy atom. The largest absolute Gasteiger partial charge is 0.495 e. The Morgan fingerprint density at radius 2 is 1.75 bits per heavy atom. The average molecular weight is 532 g/mol. The molecule has 3 rings (SSSR count). The minimum atomic E-state index is -0.295. The molecule has 1 aromatic heterocycles. The highest BCUT2D eigenvalue weighted by Gasteiger charge is 2.14. The highest BCUT2D eigenvalue weighted by molar-refractivity contribution is 7.99. The lowest BCUT2D eigenvalue weighted by atomic mass is 10.2. The molecule has 3 aromatic rings. The van der Waals surface area contributed by atoms with Gasteiger partial charge in [-0.2, -0.15) is 0 Å². The van der Waals surface area contributed by atoms with Crippen LogP contribution < -0.4 is 24.8 Å². The van der Waals surface area contributed by atoms with Crippen molar-refractivity contribution in [3.63, 3.8) is 0 Å². The smallest absolute Gasteiger partial charge is 0.244 e. The summed E-state index contributed by atoms with van der Waals surface area (Å²) in [6, 6.07) is 10.3. The molecule has 36 heavy (non-hydrogen) atoms. The standard InChI is InChI=1S/C24H26ClN5O5S/c1-30-21(13-26-22(31)10-6-15-5-8-19(34-3)20(11-15)35-4)28-29-24(30)36-14-23(32)27-17-12-16(25)7-9-18(17)33-2/h5-12H,13-14H2,1-4H3,(H,26,31)(H,27,32). The summed E-state index contributed by atoms with van der Waals surface area (Å²) in [6.45, 7) is 0.172. The zero-order valence-corrected chi connectivity index (χ0v) is 21.8. The van der Waals surface area contributed by atoms with E-state index in [0.717, 1.165) is 5.56 Å². The lowest BCUT2D eigenvalue weighted by Crippen LogP contribution is -2.22. The minimum Gasteiger partial charge on any atom is -0.495 e. The monoisotopic (exact) mass is 531 g/mol. The molecular formula is C24H26ClN5O5S. The van der Waals surface area contributed by atoms with Crippen LogP contribution in [0.1, 0.15) is 11.4 Å². The van der Waals surface area contributed by atoms with E-state index in [4.69, 9.17) is 25.8 Å². The van der Waals surface area contributed by atoms with Gasteiger partial charge in [-0.05, 0) is 42.0 Å². The van der Waals surface area contributed by atoms with Crippen molar-refractivity contribution < 1.29 is 23.8 Å². The molecule has 0 aliphatic heterocycles. The van der Waals surface area contributed by atoms with Crippen molar-refractivity contribution in [2.45, 2.75) is 11.7 Å². The summed E-state index contributed by atoms with van der Waals surface area (Å²) in [7, 11) is 6.39. The second-order valence-electron chi connectivity index (χ2n) is 7.30. The maximum Gasteiger partial charge on any atom is 0.244 e. The molecule has 190 valence electrons. The number of methoxy groups -OCH3 is 3. The van der Waals surface area contributed by atoms with Crippen molar-refractivity contribution in [1.29, 1.82) is 0 Å². The van der Waals surface area contributed by atoms with Crippen molar-refractivity contribution in [3.8, 4) is 17.2 Å². The Balaban J connectivity index is 1.51. The maximum atomic E-state index is 12.4. The Labute approximate surface area is 218 Å². The molecule has 10 nitrogen and oxygen atoms in total. The summed E-state index contributed by atoms with van der Waals surface area (Å²) in [4.78, 5) is 24.7. The third-order valence-electron chi connectivity index (χ3n) is 4.95. The number of anilines is 1. The molecule has 0 aliphatic rings. The lowest BCUT2D eigenvalue weighted by molar-refractivity contribution is -0.116. The number of benzene rings is 2. The Morgan fingerprint density at radius 3 is 2.47 bits per heavy atom. The van der Waals surface area contributed by atoms with Crippen molar-refractivity contribution in [1.82, 2.24) is 20.1 Å². The van der Waals surface area contributed by atoms with Gasteiger partial charge < -0.3 is 29.4 Å². The molecule has 12 heteroatoms. The number of carbonyl (C=O) groups excluding carboxylic acids is 2. The van der Waals surface area contributed by atoms with Crippen LogP contribution in [-0.2, 0) is 23.2 Å². The summed E-state index contributed by atoms with van der Waals surface area (Å²) < 4.78 is 17.4. The van der Waals surface area contributed by atoms with E-state index in [9.17, 15) is 9.59 Å². The van der Waals surface area contributed by atoms with E-state index in [1.165, 1.54) is 24.9 Å². The predicted octanol–water partition coefficient (Wildman–Crippen LogP) is 3.55. The van der Waals surface area contributed by atoms with Crippen LogP contribution in [0.15, 0.2) is 47.6 Å². The van der Waals surface area contributed by atoms with E-state index in [1.54, 1.807) is 62.2 Å². The molecule has 0 aliphatic carbocycles. The third-order valence-corrected chi connectivity index (χ3v) is 6.20. The number of aromatic nitrogens is 3. The van der Waals surface area contributed by atoms with Crippen molar-refractivity contribution >= 4 is 46.9 Å². The molecule has 0 saturated heterocycles. The molecule has 0 spiro atoms. The normalized spacial score (nSPS) is 10.8. The predicted molar refractivity (Wildman–Crippen MR) is 139 cm³/mol.